The molecule has 0 fully saturated rings. The largest absolute Gasteiger partial charge is 0.496 e. The van der Waals surface area contributed by atoms with Crippen LogP contribution in [0.15, 0.2) is 36.5 Å². The molecule has 3 aromatic rings. The monoisotopic (exact) mass is 310 g/mol. The first-order valence-electron chi connectivity index (χ1n) is 7.33. The highest BCUT2D eigenvalue weighted by atomic mass is 16.5. The number of carboxylic acids is 1. The number of nitrogens with zero attached hydrogens (tertiary/aromatic N) is 2. The van der Waals surface area contributed by atoms with Crippen molar-refractivity contribution >= 4 is 16.9 Å². The highest BCUT2D eigenvalue weighted by molar-refractivity contribution is 5.98. The number of fused-ring (bicyclic) bond motifs is 1. The Hall–Kier alpha value is -2.82. The first kappa shape index (κ1) is 15.1. The van der Waals surface area contributed by atoms with E-state index in [0.717, 1.165) is 27.7 Å². The van der Waals surface area contributed by atoms with Crippen molar-refractivity contribution in [3.05, 3.63) is 59.0 Å². The lowest BCUT2D eigenvalue weighted by Gasteiger charge is -2.11. The minimum Gasteiger partial charge on any atom is -0.496 e. The van der Waals surface area contributed by atoms with Gasteiger partial charge in [0.2, 0.25) is 0 Å². The summed E-state index contributed by atoms with van der Waals surface area (Å²) in [6, 6.07) is 9.35. The summed E-state index contributed by atoms with van der Waals surface area (Å²) in [5.74, 6) is -0.292. The van der Waals surface area contributed by atoms with Gasteiger partial charge < -0.3 is 14.4 Å². The van der Waals surface area contributed by atoms with Gasteiger partial charge in [-0.1, -0.05) is 6.07 Å². The standard InChI is InChI=1S/C18H18N2O3/c1-11-6-7-19-13(8-11)10-20-15(18(21)22)9-14-16(23-3)5-4-12(2)17(14)20/h4-9H,10H2,1-3H3,(H,21,22). The average Bonchev–Trinajstić information content (AvgIpc) is 2.88. The number of ether oxygens (including phenoxy) is 1. The van der Waals surface area contributed by atoms with Crippen molar-refractivity contribution in [2.75, 3.05) is 7.11 Å². The molecule has 0 bridgehead atoms. The molecule has 0 aliphatic carbocycles. The third-order valence-electron chi connectivity index (χ3n) is 3.95. The number of pyridine rings is 1. The molecule has 5 nitrogen and oxygen atoms in total. The molecule has 1 aromatic carbocycles. The van der Waals surface area contributed by atoms with Gasteiger partial charge in [0.1, 0.15) is 11.4 Å². The van der Waals surface area contributed by atoms with E-state index < -0.39 is 5.97 Å². The maximum Gasteiger partial charge on any atom is 0.352 e. The van der Waals surface area contributed by atoms with Crippen LogP contribution in [0.3, 0.4) is 0 Å². The summed E-state index contributed by atoms with van der Waals surface area (Å²) in [7, 11) is 1.59. The molecule has 1 N–H and O–H groups in total. The van der Waals surface area contributed by atoms with E-state index in [1.54, 1.807) is 23.9 Å². The van der Waals surface area contributed by atoms with Crippen molar-refractivity contribution in [3.8, 4) is 5.75 Å². The Balaban J connectivity index is 2.25. The molecular formula is C18H18N2O3. The van der Waals surface area contributed by atoms with E-state index in [-0.39, 0.29) is 5.69 Å². The number of hydrogen-bond acceptors (Lipinski definition) is 3. The van der Waals surface area contributed by atoms with Crippen molar-refractivity contribution in [2.45, 2.75) is 20.4 Å². The molecule has 0 spiro atoms. The zero-order valence-electron chi connectivity index (χ0n) is 13.3. The van der Waals surface area contributed by atoms with Crippen molar-refractivity contribution in [3.63, 3.8) is 0 Å². The van der Waals surface area contributed by atoms with E-state index in [1.807, 2.05) is 38.1 Å². The molecule has 0 saturated carbocycles. The summed E-state index contributed by atoms with van der Waals surface area (Å²) in [5, 5.41) is 10.4. The van der Waals surface area contributed by atoms with Gasteiger partial charge in [-0.3, -0.25) is 4.98 Å². The van der Waals surface area contributed by atoms with Gasteiger partial charge >= 0.3 is 5.97 Å². The Kier molecular flexibility index (Phi) is 3.78. The molecule has 2 aromatic heterocycles. The van der Waals surface area contributed by atoms with Gasteiger partial charge in [0, 0.05) is 11.6 Å². The average molecular weight is 310 g/mol. The Bertz CT molecular complexity index is 897. The van der Waals surface area contributed by atoms with Crippen LogP contribution >= 0.6 is 0 Å². The van der Waals surface area contributed by atoms with E-state index in [1.165, 1.54) is 0 Å². The Morgan fingerprint density at radius 2 is 2.04 bits per heavy atom. The molecule has 0 aliphatic rings. The third-order valence-corrected chi connectivity index (χ3v) is 3.95. The topological polar surface area (TPSA) is 64.3 Å². The molecule has 0 unspecified atom stereocenters. The molecule has 3 rings (SSSR count). The summed E-state index contributed by atoms with van der Waals surface area (Å²) in [5.41, 5.74) is 4.02. The predicted molar refractivity (Wildman–Crippen MR) is 88.3 cm³/mol. The van der Waals surface area contributed by atoms with E-state index in [0.29, 0.717) is 12.3 Å². The van der Waals surface area contributed by atoms with Gasteiger partial charge in [-0.15, -0.1) is 0 Å². The summed E-state index contributed by atoms with van der Waals surface area (Å²) in [4.78, 5) is 16.0. The third kappa shape index (κ3) is 2.65. The molecule has 0 aliphatic heterocycles. The number of hydrogen-bond donors (Lipinski definition) is 1. The number of benzene rings is 1. The molecule has 0 radical (unpaired) electrons. The van der Waals surface area contributed by atoms with Crippen molar-refractivity contribution in [1.29, 1.82) is 0 Å². The Labute approximate surface area is 134 Å². The second-order valence-corrected chi connectivity index (χ2v) is 5.59. The Morgan fingerprint density at radius 3 is 2.70 bits per heavy atom. The van der Waals surface area contributed by atoms with Crippen LogP contribution in [0.5, 0.6) is 5.75 Å². The molecule has 23 heavy (non-hydrogen) atoms. The van der Waals surface area contributed by atoms with Gasteiger partial charge in [-0.25, -0.2) is 4.79 Å². The number of rotatable bonds is 4. The summed E-state index contributed by atoms with van der Waals surface area (Å²) in [6.07, 6.45) is 1.74. The van der Waals surface area contributed by atoms with Crippen LogP contribution < -0.4 is 4.74 Å². The number of aromatic nitrogens is 2. The number of carbonyl (C=O) groups is 1. The van der Waals surface area contributed by atoms with Gasteiger partial charge in [0.25, 0.3) is 0 Å². The number of aromatic carboxylic acids is 1. The first-order chi connectivity index (χ1) is 11.0. The van der Waals surface area contributed by atoms with E-state index in [9.17, 15) is 9.90 Å². The number of carboxylic acid groups (broad SMARTS) is 1. The van der Waals surface area contributed by atoms with Gasteiger partial charge in [-0.2, -0.15) is 0 Å². The second kappa shape index (κ2) is 5.76. The van der Waals surface area contributed by atoms with E-state index in [4.69, 9.17) is 4.74 Å². The maximum atomic E-state index is 11.7. The smallest absolute Gasteiger partial charge is 0.352 e. The minimum absolute atomic E-state index is 0.232. The lowest BCUT2D eigenvalue weighted by atomic mass is 10.1. The SMILES string of the molecule is COc1ccc(C)c2c1cc(C(=O)O)n2Cc1cc(C)ccn1. The van der Waals surface area contributed by atoms with Crippen molar-refractivity contribution < 1.29 is 14.6 Å². The van der Waals surface area contributed by atoms with Crippen molar-refractivity contribution in [2.24, 2.45) is 0 Å². The van der Waals surface area contributed by atoms with E-state index >= 15 is 0 Å². The highest BCUT2D eigenvalue weighted by Gasteiger charge is 2.19. The molecule has 0 atom stereocenters. The molecular weight excluding hydrogens is 292 g/mol. The summed E-state index contributed by atoms with van der Waals surface area (Å²) in [6.45, 7) is 4.36. The number of methoxy groups -OCH3 is 1. The maximum absolute atomic E-state index is 11.7. The number of aryl methyl sites for hydroxylation is 2. The Morgan fingerprint density at radius 1 is 1.26 bits per heavy atom. The molecule has 5 heteroatoms. The van der Waals surface area contributed by atoms with Gasteiger partial charge in [0.15, 0.2) is 0 Å². The highest BCUT2D eigenvalue weighted by Crippen LogP contribution is 2.32. The molecule has 0 saturated heterocycles. The first-order valence-corrected chi connectivity index (χ1v) is 7.33. The van der Waals surface area contributed by atoms with Crippen LogP contribution in [0, 0.1) is 13.8 Å². The van der Waals surface area contributed by atoms with Crippen LogP contribution in [-0.2, 0) is 6.54 Å². The zero-order valence-corrected chi connectivity index (χ0v) is 13.3. The lowest BCUT2D eigenvalue weighted by Crippen LogP contribution is -2.10. The molecule has 2 heterocycles. The summed E-state index contributed by atoms with van der Waals surface area (Å²) >= 11 is 0. The van der Waals surface area contributed by atoms with Crippen LogP contribution in [0.25, 0.3) is 10.9 Å². The minimum atomic E-state index is -0.963. The van der Waals surface area contributed by atoms with Crippen LogP contribution in [-0.4, -0.2) is 27.7 Å². The van der Waals surface area contributed by atoms with Crippen LogP contribution in [0.1, 0.15) is 27.3 Å². The quantitative estimate of drug-likeness (QED) is 0.802. The fourth-order valence-corrected chi connectivity index (χ4v) is 2.90. The fourth-order valence-electron chi connectivity index (χ4n) is 2.90. The summed E-state index contributed by atoms with van der Waals surface area (Å²) < 4.78 is 7.17. The predicted octanol–water partition coefficient (Wildman–Crippen LogP) is 3.41. The molecule has 118 valence electrons. The molecule has 0 amide bonds. The van der Waals surface area contributed by atoms with Crippen LogP contribution in [0.4, 0.5) is 0 Å². The lowest BCUT2D eigenvalue weighted by molar-refractivity contribution is 0.0686. The van der Waals surface area contributed by atoms with Crippen molar-refractivity contribution in [1.82, 2.24) is 9.55 Å². The second-order valence-electron chi connectivity index (χ2n) is 5.59. The van der Waals surface area contributed by atoms with Gasteiger partial charge in [0.05, 0.1) is 24.9 Å². The van der Waals surface area contributed by atoms with E-state index in [2.05, 4.69) is 4.98 Å². The fraction of sp³-hybridized carbons (Fsp3) is 0.222. The normalized spacial score (nSPS) is 10.9. The zero-order chi connectivity index (χ0) is 16.6. The van der Waals surface area contributed by atoms with Crippen LogP contribution in [0.2, 0.25) is 0 Å². The van der Waals surface area contributed by atoms with Gasteiger partial charge in [-0.05, 0) is 49.2 Å².